The molecule has 5 nitrogen and oxygen atoms in total. The number of hydrogen-bond donors (Lipinski definition) is 2. The molecule has 0 fully saturated rings. The second-order valence-corrected chi connectivity index (χ2v) is 10.8. The van der Waals surface area contributed by atoms with E-state index in [1.165, 1.54) is 0 Å². The van der Waals surface area contributed by atoms with Crippen LogP contribution in [0.1, 0.15) is 36.1 Å². The second-order valence-electron chi connectivity index (χ2n) is 9.98. The highest BCUT2D eigenvalue weighted by atomic mass is 35.5. The highest BCUT2D eigenvalue weighted by Gasteiger charge is 2.08. The van der Waals surface area contributed by atoms with Gasteiger partial charge in [0.25, 0.3) is 0 Å². The largest absolute Gasteiger partial charge is 0.416 e. The van der Waals surface area contributed by atoms with E-state index in [1.54, 1.807) is 15.0 Å². The fraction of sp³-hybridized carbons (Fsp3) is 0.250. The lowest BCUT2D eigenvalue weighted by molar-refractivity contribution is 0.107. The van der Waals surface area contributed by atoms with Gasteiger partial charge in [0.1, 0.15) is 12.5 Å². The third kappa shape index (κ3) is 10.1. The Bertz CT molecular complexity index is 1300. The van der Waals surface area contributed by atoms with Crippen LogP contribution in [-0.2, 0) is 27.3 Å². The van der Waals surface area contributed by atoms with E-state index in [0.29, 0.717) is 13.2 Å². The van der Waals surface area contributed by atoms with Gasteiger partial charge in [-0.05, 0) is 86.3 Å². The Morgan fingerprint density at radius 1 is 0.610 bits per heavy atom. The first-order valence-electron chi connectivity index (χ1n) is 13.5. The Kier molecular flexibility index (Phi) is 11.6. The lowest BCUT2D eigenvalue weighted by atomic mass is 9.87. The third-order valence-electron chi connectivity index (χ3n) is 6.37. The zero-order valence-electron chi connectivity index (χ0n) is 23.8. The summed E-state index contributed by atoms with van der Waals surface area (Å²) in [6, 6.07) is 27.9. The number of halogens is 2. The first-order valence-corrected chi connectivity index (χ1v) is 14.3. The van der Waals surface area contributed by atoms with E-state index in [2.05, 4.69) is 10.6 Å². The van der Waals surface area contributed by atoms with Crippen molar-refractivity contribution in [2.75, 3.05) is 10.6 Å². The lowest BCUT2D eigenvalue weighted by Crippen LogP contribution is -2.27. The van der Waals surface area contributed by atoms with Gasteiger partial charge in [0, 0.05) is 21.4 Å². The summed E-state index contributed by atoms with van der Waals surface area (Å²) in [6.45, 7) is 8.93. The van der Waals surface area contributed by atoms with Crippen molar-refractivity contribution in [3.05, 3.63) is 117 Å². The predicted molar refractivity (Wildman–Crippen MR) is 173 cm³/mol. The molecule has 0 saturated heterocycles. The summed E-state index contributed by atoms with van der Waals surface area (Å²) >= 11 is 12.2. The number of hydrogen-bond acceptors (Lipinski definition) is 5. The Morgan fingerprint density at radius 2 is 1.00 bits per heavy atom. The van der Waals surface area contributed by atoms with Crippen LogP contribution in [-0.4, -0.2) is 27.4 Å². The zero-order chi connectivity index (χ0) is 29.2. The van der Waals surface area contributed by atoms with Crippen LogP contribution >= 0.6 is 23.2 Å². The van der Waals surface area contributed by atoms with Gasteiger partial charge < -0.3 is 24.7 Å². The van der Waals surface area contributed by atoms with Gasteiger partial charge in [0.2, 0.25) is 0 Å². The molecule has 0 amide bonds. The van der Waals surface area contributed by atoms with Crippen molar-refractivity contribution in [1.29, 1.82) is 0 Å². The van der Waals surface area contributed by atoms with Crippen LogP contribution in [0.2, 0.25) is 10.0 Å². The third-order valence-corrected chi connectivity index (χ3v) is 7.22. The summed E-state index contributed by atoms with van der Waals surface area (Å²) in [5.41, 5.74) is 8.14. The van der Waals surface area contributed by atoms with Crippen molar-refractivity contribution in [2.45, 2.75) is 53.4 Å². The monoisotopic (exact) mass is 586 g/mol. The van der Waals surface area contributed by atoms with Gasteiger partial charge in [-0.3, -0.25) is 0 Å². The number of aryl methyl sites for hydroxylation is 2. The maximum absolute atomic E-state index is 6.10. The van der Waals surface area contributed by atoms with Gasteiger partial charge in [-0.15, -0.1) is 0 Å². The summed E-state index contributed by atoms with van der Waals surface area (Å²) in [6.07, 6.45) is -0.374. The molecule has 0 aliphatic rings. The van der Waals surface area contributed by atoms with E-state index in [9.17, 15) is 0 Å². The predicted octanol–water partition coefficient (Wildman–Crippen LogP) is 6.77. The SMILES string of the molecule is Cc1cc(NC(C)O[B]c2ccc(COCc3ccc([B]OC(C)Nc4ccc(Cl)c(C)c4)cc3)cc2)ccc1Cl. The molecule has 2 atom stereocenters. The standard InChI is InChI=1S/C32H34B2Cl2N2O3/c1-21-17-29(13-15-31(21)35)37-23(3)40-33-27-9-5-25(6-10-27)19-39-20-26-7-11-28(12-8-26)34-41-24(4)38-30-14-16-32(36)22(2)18-30/h5-18,23-24,37-38H,19-20H2,1-4H3. The van der Waals surface area contributed by atoms with Crippen LogP contribution < -0.4 is 21.6 Å². The Morgan fingerprint density at radius 3 is 1.37 bits per heavy atom. The minimum atomic E-state index is -0.187. The van der Waals surface area contributed by atoms with E-state index >= 15 is 0 Å². The van der Waals surface area contributed by atoms with E-state index in [4.69, 9.17) is 37.2 Å². The maximum Gasteiger partial charge on any atom is 0.332 e. The molecule has 0 aliphatic carbocycles. The summed E-state index contributed by atoms with van der Waals surface area (Å²) in [5.74, 6) is 0. The Balaban J connectivity index is 1.13. The Hall–Kier alpha value is -2.93. The smallest absolute Gasteiger partial charge is 0.332 e. The minimum Gasteiger partial charge on any atom is -0.416 e. The number of ether oxygens (including phenoxy) is 1. The highest BCUT2D eigenvalue weighted by Crippen LogP contribution is 2.21. The van der Waals surface area contributed by atoms with Crippen molar-refractivity contribution in [1.82, 2.24) is 0 Å². The highest BCUT2D eigenvalue weighted by molar-refractivity contribution is 6.47. The van der Waals surface area contributed by atoms with Crippen molar-refractivity contribution < 1.29 is 14.0 Å². The molecule has 9 heteroatoms. The number of nitrogens with one attached hydrogen (secondary N) is 2. The minimum absolute atomic E-state index is 0.187. The van der Waals surface area contributed by atoms with Crippen molar-refractivity contribution in [2.24, 2.45) is 0 Å². The fourth-order valence-electron chi connectivity index (χ4n) is 4.04. The maximum atomic E-state index is 6.10. The van der Waals surface area contributed by atoms with Crippen LogP contribution in [0, 0.1) is 13.8 Å². The van der Waals surface area contributed by atoms with E-state index in [0.717, 1.165) is 54.6 Å². The van der Waals surface area contributed by atoms with Crippen LogP contribution in [0.25, 0.3) is 0 Å². The molecule has 2 radical (unpaired) electrons. The van der Waals surface area contributed by atoms with Gasteiger partial charge in [-0.25, -0.2) is 0 Å². The molecule has 210 valence electrons. The molecule has 0 spiro atoms. The van der Waals surface area contributed by atoms with Gasteiger partial charge in [0.15, 0.2) is 0 Å². The quantitative estimate of drug-likeness (QED) is 0.126. The topological polar surface area (TPSA) is 51.8 Å². The van der Waals surface area contributed by atoms with Crippen LogP contribution in [0.4, 0.5) is 11.4 Å². The first kappa shape index (κ1) is 31.0. The Labute approximate surface area is 255 Å². The molecular formula is C32H34B2Cl2N2O3. The molecule has 4 aromatic rings. The van der Waals surface area contributed by atoms with E-state index < -0.39 is 0 Å². The normalized spacial score (nSPS) is 12.4. The van der Waals surface area contributed by atoms with Crippen LogP contribution in [0.3, 0.4) is 0 Å². The van der Waals surface area contributed by atoms with Crippen molar-refractivity contribution in [3.63, 3.8) is 0 Å². The van der Waals surface area contributed by atoms with E-state index in [-0.39, 0.29) is 12.5 Å². The van der Waals surface area contributed by atoms with Gasteiger partial charge in [-0.1, -0.05) is 82.7 Å². The number of rotatable bonds is 14. The number of anilines is 2. The molecule has 2 unspecified atom stereocenters. The summed E-state index contributed by atoms with van der Waals surface area (Å²) in [7, 11) is 3.51. The summed E-state index contributed by atoms with van der Waals surface area (Å²) in [4.78, 5) is 0. The summed E-state index contributed by atoms with van der Waals surface area (Å²) in [5, 5.41) is 8.13. The lowest BCUT2D eigenvalue weighted by Gasteiger charge is -2.17. The van der Waals surface area contributed by atoms with Crippen LogP contribution in [0.15, 0.2) is 84.9 Å². The molecule has 4 aromatic carbocycles. The van der Waals surface area contributed by atoms with Crippen molar-refractivity contribution in [3.8, 4) is 0 Å². The first-order chi connectivity index (χ1) is 19.7. The molecule has 0 heterocycles. The van der Waals surface area contributed by atoms with Gasteiger partial charge in [0.05, 0.1) is 13.2 Å². The molecule has 0 bridgehead atoms. The van der Waals surface area contributed by atoms with Crippen LogP contribution in [0.5, 0.6) is 0 Å². The second kappa shape index (κ2) is 15.3. The average Bonchev–Trinajstić information content (AvgIpc) is 2.96. The van der Waals surface area contributed by atoms with E-state index in [1.807, 2.05) is 113 Å². The molecule has 0 saturated carbocycles. The molecule has 0 aromatic heterocycles. The molecule has 0 aliphatic heterocycles. The summed E-state index contributed by atoms with van der Waals surface area (Å²) < 4.78 is 17.6. The molecule has 4 rings (SSSR count). The van der Waals surface area contributed by atoms with Gasteiger partial charge >= 0.3 is 15.0 Å². The zero-order valence-corrected chi connectivity index (χ0v) is 25.3. The average molecular weight is 587 g/mol. The number of benzene rings is 4. The molecule has 2 N–H and O–H groups in total. The molecular weight excluding hydrogens is 553 g/mol. The fourth-order valence-corrected chi connectivity index (χ4v) is 4.27. The molecule has 41 heavy (non-hydrogen) atoms. The van der Waals surface area contributed by atoms with Gasteiger partial charge in [-0.2, -0.15) is 0 Å². The van der Waals surface area contributed by atoms with Crippen molar-refractivity contribution >= 4 is 60.5 Å².